The molecule has 0 N–H and O–H groups in total. The first kappa shape index (κ1) is 15.5. The largest absolute Gasteiger partial charge is 0.490 e. The minimum absolute atomic E-state index is 0.0976. The predicted octanol–water partition coefficient (Wildman–Crippen LogP) is 2.65. The summed E-state index contributed by atoms with van der Waals surface area (Å²) in [5, 5.41) is 12.6. The summed E-state index contributed by atoms with van der Waals surface area (Å²) in [6, 6.07) is 7.43. The fraction of sp³-hybridized carbons (Fsp3) is 0.125. The summed E-state index contributed by atoms with van der Waals surface area (Å²) in [5.41, 5.74) is -1.22. The summed E-state index contributed by atoms with van der Waals surface area (Å²) in [6.07, 6.45) is 0. The predicted molar refractivity (Wildman–Crippen MR) is 84.5 cm³/mol. The van der Waals surface area contributed by atoms with E-state index in [1.807, 2.05) is 0 Å². The second-order valence-corrected chi connectivity index (χ2v) is 4.92. The molecule has 24 heavy (non-hydrogen) atoms. The van der Waals surface area contributed by atoms with Crippen LogP contribution in [-0.4, -0.2) is 25.1 Å². The molecule has 0 amide bonds. The van der Waals surface area contributed by atoms with Crippen molar-refractivity contribution in [1.82, 2.24) is 0 Å². The molecule has 0 aliphatic carbocycles. The monoisotopic (exact) mass is 329 g/mol. The normalized spacial score (nSPS) is 10.8. The number of fused-ring (bicyclic) bond motifs is 2. The quantitative estimate of drug-likeness (QED) is 0.239. The number of rotatable bonds is 3. The van der Waals surface area contributed by atoms with E-state index in [-0.39, 0.29) is 28.0 Å². The highest BCUT2D eigenvalue weighted by Crippen LogP contribution is 2.36. The van der Waals surface area contributed by atoms with Gasteiger partial charge in [0.05, 0.1) is 24.5 Å². The van der Waals surface area contributed by atoms with Gasteiger partial charge in [-0.1, -0.05) is 6.07 Å². The van der Waals surface area contributed by atoms with E-state index in [9.17, 15) is 19.7 Å². The Balaban J connectivity index is 2.39. The van der Waals surface area contributed by atoms with Crippen LogP contribution < -0.4 is 10.4 Å². The molecule has 2 aromatic carbocycles. The molecule has 1 heterocycles. The van der Waals surface area contributed by atoms with E-state index in [2.05, 4.69) is 4.74 Å². The minimum atomic E-state index is -0.876. The highest BCUT2D eigenvalue weighted by Gasteiger charge is 2.21. The maximum absolute atomic E-state index is 11.9. The Morgan fingerprint density at radius 1 is 1.17 bits per heavy atom. The van der Waals surface area contributed by atoms with Gasteiger partial charge in [0.15, 0.2) is 5.75 Å². The number of esters is 1. The van der Waals surface area contributed by atoms with Crippen molar-refractivity contribution in [2.75, 3.05) is 14.2 Å². The number of hydrogen-bond acceptors (Lipinski definition) is 7. The lowest BCUT2D eigenvalue weighted by molar-refractivity contribution is -0.383. The first-order valence-corrected chi connectivity index (χ1v) is 6.77. The fourth-order valence-electron chi connectivity index (χ4n) is 2.51. The highest BCUT2D eigenvalue weighted by molar-refractivity contribution is 6.03. The summed E-state index contributed by atoms with van der Waals surface area (Å²) in [6.45, 7) is 0. The second-order valence-electron chi connectivity index (χ2n) is 4.92. The summed E-state index contributed by atoms with van der Waals surface area (Å²) in [4.78, 5) is 34.3. The van der Waals surface area contributed by atoms with Crippen LogP contribution in [0.1, 0.15) is 10.4 Å². The molecule has 0 bridgehead atoms. The van der Waals surface area contributed by atoms with Crippen LogP contribution in [0.15, 0.2) is 39.5 Å². The zero-order valence-electron chi connectivity index (χ0n) is 12.7. The summed E-state index contributed by atoms with van der Waals surface area (Å²) in [7, 11) is 2.49. The number of carbonyl (C=O) groups excluding carboxylic acids is 1. The van der Waals surface area contributed by atoms with Gasteiger partial charge in [-0.05, 0) is 29.7 Å². The third kappa shape index (κ3) is 2.34. The third-order valence-electron chi connectivity index (χ3n) is 3.61. The van der Waals surface area contributed by atoms with Crippen LogP contribution in [0.3, 0.4) is 0 Å². The van der Waals surface area contributed by atoms with Crippen LogP contribution in [0.25, 0.3) is 21.7 Å². The first-order valence-electron chi connectivity index (χ1n) is 6.77. The van der Waals surface area contributed by atoms with Crippen LogP contribution in [0, 0.1) is 10.1 Å². The number of ether oxygens (including phenoxy) is 2. The lowest BCUT2D eigenvalue weighted by Crippen LogP contribution is -2.14. The van der Waals surface area contributed by atoms with Crippen molar-refractivity contribution in [2.45, 2.75) is 0 Å². The lowest BCUT2D eigenvalue weighted by atomic mass is 10.0. The Kier molecular flexibility index (Phi) is 3.64. The van der Waals surface area contributed by atoms with Gasteiger partial charge in [0.2, 0.25) is 0 Å². The van der Waals surface area contributed by atoms with Crippen molar-refractivity contribution in [3.8, 4) is 5.75 Å². The number of nitro groups is 1. The van der Waals surface area contributed by atoms with Crippen LogP contribution in [-0.2, 0) is 4.74 Å². The van der Waals surface area contributed by atoms with Crippen molar-refractivity contribution in [3.63, 3.8) is 0 Å². The highest BCUT2D eigenvalue weighted by atomic mass is 16.6. The average Bonchev–Trinajstić information content (AvgIpc) is 2.57. The summed E-state index contributed by atoms with van der Waals surface area (Å²) in [5.74, 6) is -0.716. The molecule has 0 aliphatic heterocycles. The molecule has 0 aliphatic rings. The zero-order valence-corrected chi connectivity index (χ0v) is 12.7. The van der Waals surface area contributed by atoms with E-state index < -0.39 is 16.5 Å². The molecule has 0 saturated carbocycles. The molecule has 3 rings (SSSR count). The molecule has 0 spiro atoms. The number of hydrogen-bond donors (Lipinski definition) is 0. The Hall–Kier alpha value is -3.42. The van der Waals surface area contributed by atoms with E-state index in [1.54, 1.807) is 12.1 Å². The molecule has 0 atom stereocenters. The first-order chi connectivity index (χ1) is 11.5. The average molecular weight is 329 g/mol. The van der Waals surface area contributed by atoms with Gasteiger partial charge < -0.3 is 13.9 Å². The summed E-state index contributed by atoms with van der Waals surface area (Å²) >= 11 is 0. The van der Waals surface area contributed by atoms with Gasteiger partial charge in [-0.2, -0.15) is 0 Å². The van der Waals surface area contributed by atoms with Crippen LogP contribution >= 0.6 is 0 Å². The molecule has 8 nitrogen and oxygen atoms in total. The molecule has 0 unspecified atom stereocenters. The van der Waals surface area contributed by atoms with Gasteiger partial charge in [-0.3, -0.25) is 10.1 Å². The number of nitrogens with zero attached hydrogens (tertiary/aromatic N) is 1. The van der Waals surface area contributed by atoms with Gasteiger partial charge >= 0.3 is 17.3 Å². The number of methoxy groups -OCH3 is 2. The zero-order chi connectivity index (χ0) is 17.4. The van der Waals surface area contributed by atoms with Crippen molar-refractivity contribution in [2.24, 2.45) is 0 Å². The molecule has 1 aromatic heterocycles. The third-order valence-corrected chi connectivity index (χ3v) is 3.61. The minimum Gasteiger partial charge on any atom is -0.490 e. The Bertz CT molecular complexity index is 1050. The maximum Gasteiger partial charge on any atom is 0.351 e. The smallest absolute Gasteiger partial charge is 0.351 e. The molecule has 8 heteroatoms. The van der Waals surface area contributed by atoms with Gasteiger partial charge in [-0.25, -0.2) is 9.59 Å². The fourth-order valence-corrected chi connectivity index (χ4v) is 2.51. The van der Waals surface area contributed by atoms with Gasteiger partial charge in [0, 0.05) is 5.39 Å². The van der Waals surface area contributed by atoms with E-state index >= 15 is 0 Å². The molecular formula is C16H11NO7. The standard InChI is InChI=1S/C16H11NO7/c1-22-12-4-3-8-5-9-6-11(15(18)23-2)16(19)24-13(9)7-10(8)14(12)17(20)21/h3-7H,1-2H3. The van der Waals surface area contributed by atoms with Crippen LogP contribution in [0.2, 0.25) is 0 Å². The topological polar surface area (TPSA) is 109 Å². The van der Waals surface area contributed by atoms with E-state index in [4.69, 9.17) is 9.15 Å². The van der Waals surface area contributed by atoms with Crippen molar-refractivity contribution in [1.29, 1.82) is 0 Å². The molecule has 0 saturated heterocycles. The van der Waals surface area contributed by atoms with Crippen molar-refractivity contribution >= 4 is 33.4 Å². The lowest BCUT2D eigenvalue weighted by Gasteiger charge is -2.07. The van der Waals surface area contributed by atoms with Crippen molar-refractivity contribution < 1.29 is 23.6 Å². The SMILES string of the molecule is COC(=O)c1cc2cc3ccc(OC)c([N+](=O)[O-])c3cc2oc1=O. The van der Waals surface area contributed by atoms with Gasteiger partial charge in [0.25, 0.3) is 0 Å². The maximum atomic E-state index is 11.9. The van der Waals surface area contributed by atoms with Crippen LogP contribution in [0.4, 0.5) is 5.69 Å². The second kappa shape index (κ2) is 5.65. The number of nitro benzene ring substituents is 1. The van der Waals surface area contributed by atoms with Crippen LogP contribution in [0.5, 0.6) is 5.75 Å². The van der Waals surface area contributed by atoms with E-state index in [0.29, 0.717) is 10.8 Å². The molecule has 0 fully saturated rings. The Labute approximate surface area is 134 Å². The van der Waals surface area contributed by atoms with E-state index in [1.165, 1.54) is 25.3 Å². The van der Waals surface area contributed by atoms with Crippen molar-refractivity contribution in [3.05, 3.63) is 56.4 Å². The number of benzene rings is 2. The molecule has 3 aromatic rings. The Morgan fingerprint density at radius 2 is 1.92 bits per heavy atom. The molecule has 0 radical (unpaired) electrons. The Morgan fingerprint density at radius 3 is 2.54 bits per heavy atom. The summed E-state index contributed by atoms with van der Waals surface area (Å²) < 4.78 is 14.7. The number of carbonyl (C=O) groups is 1. The van der Waals surface area contributed by atoms with Gasteiger partial charge in [0.1, 0.15) is 11.1 Å². The molecular weight excluding hydrogens is 318 g/mol. The molecule has 122 valence electrons. The van der Waals surface area contributed by atoms with E-state index in [0.717, 1.165) is 7.11 Å². The van der Waals surface area contributed by atoms with Gasteiger partial charge in [-0.15, -0.1) is 0 Å².